The molecule has 0 radical (unpaired) electrons. The molecule has 0 fully saturated rings. The number of ether oxygens (including phenoxy) is 2. The van der Waals surface area contributed by atoms with Crippen molar-refractivity contribution in [2.45, 2.75) is 13.5 Å². The monoisotopic (exact) mass is 431 g/mol. The average molecular weight is 431 g/mol. The summed E-state index contributed by atoms with van der Waals surface area (Å²) in [6.07, 6.45) is 1.75. The molecule has 0 aliphatic heterocycles. The molecule has 7 heteroatoms. The summed E-state index contributed by atoms with van der Waals surface area (Å²) in [5.74, 6) is 2.58. The lowest BCUT2D eigenvalue weighted by molar-refractivity contribution is 0.0775. The first-order chi connectivity index (χ1) is 15.5. The summed E-state index contributed by atoms with van der Waals surface area (Å²) in [6.45, 7) is 2.23. The first-order valence-corrected chi connectivity index (χ1v) is 10.2. The third-order valence-electron chi connectivity index (χ3n) is 5.16. The van der Waals surface area contributed by atoms with Crippen molar-refractivity contribution in [3.63, 3.8) is 0 Å². The maximum Gasteiger partial charge on any atom is 0.257 e. The molecule has 1 amide bonds. The van der Waals surface area contributed by atoms with Crippen molar-refractivity contribution < 1.29 is 18.7 Å². The highest BCUT2D eigenvalue weighted by Gasteiger charge is 2.24. The lowest BCUT2D eigenvalue weighted by Gasteiger charge is -2.16. The van der Waals surface area contributed by atoms with E-state index in [9.17, 15) is 4.79 Å². The molecule has 0 bridgehead atoms. The normalized spacial score (nSPS) is 10.8. The van der Waals surface area contributed by atoms with Crippen LogP contribution in [-0.2, 0) is 6.54 Å². The second-order valence-corrected chi connectivity index (χ2v) is 7.41. The fourth-order valence-corrected chi connectivity index (χ4v) is 3.52. The SMILES string of the molecule is COc1ccc(-c2nn(-c3ccccc3)cc2C(=O)N(C)Cc2ccc(C)o2)c(OC)c1. The molecule has 0 aliphatic rings. The van der Waals surface area contributed by atoms with Crippen molar-refractivity contribution in [3.8, 4) is 28.4 Å². The van der Waals surface area contributed by atoms with Crippen LogP contribution < -0.4 is 9.47 Å². The highest BCUT2D eigenvalue weighted by atomic mass is 16.5. The van der Waals surface area contributed by atoms with E-state index < -0.39 is 0 Å². The molecule has 0 aliphatic carbocycles. The predicted molar refractivity (Wildman–Crippen MR) is 121 cm³/mol. The minimum atomic E-state index is -0.172. The number of hydrogen-bond acceptors (Lipinski definition) is 5. The molecule has 0 saturated carbocycles. The molecule has 2 heterocycles. The van der Waals surface area contributed by atoms with Gasteiger partial charge in [-0.1, -0.05) is 18.2 Å². The first-order valence-electron chi connectivity index (χ1n) is 10.2. The Balaban J connectivity index is 1.78. The number of para-hydroxylation sites is 1. The Labute approximate surface area is 186 Å². The number of rotatable bonds is 7. The van der Waals surface area contributed by atoms with Gasteiger partial charge in [0.15, 0.2) is 0 Å². The van der Waals surface area contributed by atoms with Crippen LogP contribution in [0.2, 0.25) is 0 Å². The summed E-state index contributed by atoms with van der Waals surface area (Å²) in [5.41, 5.74) is 2.54. The van der Waals surface area contributed by atoms with E-state index in [4.69, 9.17) is 19.0 Å². The Morgan fingerprint density at radius 1 is 1.06 bits per heavy atom. The van der Waals surface area contributed by atoms with Crippen molar-refractivity contribution in [2.75, 3.05) is 21.3 Å². The van der Waals surface area contributed by atoms with Crippen LogP contribution in [0, 0.1) is 6.92 Å². The van der Waals surface area contributed by atoms with Gasteiger partial charge in [-0.25, -0.2) is 4.68 Å². The molecule has 0 saturated heterocycles. The Kier molecular flexibility index (Phi) is 5.98. The molecule has 0 unspecified atom stereocenters. The summed E-state index contributed by atoms with van der Waals surface area (Å²) < 4.78 is 18.2. The van der Waals surface area contributed by atoms with E-state index in [1.807, 2.05) is 61.5 Å². The zero-order valence-electron chi connectivity index (χ0n) is 18.5. The summed E-state index contributed by atoms with van der Waals surface area (Å²) in [6, 6.07) is 18.9. The van der Waals surface area contributed by atoms with Gasteiger partial charge in [0, 0.05) is 24.9 Å². The zero-order valence-corrected chi connectivity index (χ0v) is 18.5. The molecule has 0 spiro atoms. The number of methoxy groups -OCH3 is 2. The summed E-state index contributed by atoms with van der Waals surface area (Å²) in [4.78, 5) is 15.1. The lowest BCUT2D eigenvalue weighted by atomic mass is 10.1. The molecule has 164 valence electrons. The van der Waals surface area contributed by atoms with Crippen LogP contribution in [0.5, 0.6) is 11.5 Å². The van der Waals surface area contributed by atoms with E-state index in [0.29, 0.717) is 34.9 Å². The van der Waals surface area contributed by atoms with E-state index in [0.717, 1.165) is 17.2 Å². The average Bonchev–Trinajstić information content (AvgIpc) is 3.45. The standard InChI is InChI=1S/C25H25N3O4/c1-17-10-11-20(32-17)15-27(2)25(29)22-16-28(18-8-6-5-7-9-18)26-24(22)21-13-12-19(30-3)14-23(21)31-4/h5-14,16H,15H2,1-4H3. The number of nitrogens with zero attached hydrogens (tertiary/aromatic N) is 3. The van der Waals surface area contributed by atoms with Gasteiger partial charge < -0.3 is 18.8 Å². The Bertz CT molecular complexity index is 1230. The van der Waals surface area contributed by atoms with Gasteiger partial charge in [0.05, 0.1) is 32.0 Å². The second kappa shape index (κ2) is 9.01. The number of benzene rings is 2. The van der Waals surface area contributed by atoms with Crippen LogP contribution in [0.4, 0.5) is 0 Å². The van der Waals surface area contributed by atoms with Gasteiger partial charge in [-0.2, -0.15) is 5.10 Å². The molecule has 2 aromatic heterocycles. The highest BCUT2D eigenvalue weighted by Crippen LogP contribution is 2.35. The Hall–Kier alpha value is -4.00. The predicted octanol–water partition coefficient (Wildman–Crippen LogP) is 4.73. The van der Waals surface area contributed by atoms with Gasteiger partial charge >= 0.3 is 0 Å². The number of carbonyl (C=O) groups excluding carboxylic acids is 1. The molecule has 2 aromatic carbocycles. The molecule has 4 aromatic rings. The van der Waals surface area contributed by atoms with Crippen LogP contribution in [0.25, 0.3) is 16.9 Å². The Morgan fingerprint density at radius 3 is 2.50 bits per heavy atom. The third-order valence-corrected chi connectivity index (χ3v) is 5.16. The lowest BCUT2D eigenvalue weighted by Crippen LogP contribution is -2.26. The largest absolute Gasteiger partial charge is 0.497 e. The van der Waals surface area contributed by atoms with Crippen molar-refractivity contribution >= 4 is 5.91 Å². The van der Waals surface area contributed by atoms with E-state index in [2.05, 4.69) is 0 Å². The van der Waals surface area contributed by atoms with Crippen molar-refractivity contribution in [3.05, 3.63) is 83.9 Å². The fraction of sp³-hybridized carbons (Fsp3) is 0.200. The van der Waals surface area contributed by atoms with Crippen LogP contribution in [0.3, 0.4) is 0 Å². The van der Waals surface area contributed by atoms with E-state index in [-0.39, 0.29) is 5.91 Å². The molecule has 0 N–H and O–H groups in total. The van der Waals surface area contributed by atoms with Gasteiger partial charge in [0.1, 0.15) is 28.7 Å². The summed E-state index contributed by atoms with van der Waals surface area (Å²) >= 11 is 0. The van der Waals surface area contributed by atoms with Crippen LogP contribution in [0.15, 0.2) is 71.3 Å². The van der Waals surface area contributed by atoms with Crippen molar-refractivity contribution in [1.29, 1.82) is 0 Å². The van der Waals surface area contributed by atoms with Gasteiger partial charge in [-0.05, 0) is 43.3 Å². The highest BCUT2D eigenvalue weighted by molar-refractivity contribution is 6.00. The smallest absolute Gasteiger partial charge is 0.257 e. The number of carbonyl (C=O) groups is 1. The maximum atomic E-state index is 13.5. The van der Waals surface area contributed by atoms with Crippen LogP contribution >= 0.6 is 0 Å². The quantitative estimate of drug-likeness (QED) is 0.423. The molecule has 7 nitrogen and oxygen atoms in total. The second-order valence-electron chi connectivity index (χ2n) is 7.41. The number of aryl methyl sites for hydroxylation is 1. The Morgan fingerprint density at radius 2 is 1.84 bits per heavy atom. The molecule has 0 atom stereocenters. The van der Waals surface area contributed by atoms with E-state index in [1.165, 1.54) is 0 Å². The van der Waals surface area contributed by atoms with E-state index in [1.54, 1.807) is 43.1 Å². The molecule has 32 heavy (non-hydrogen) atoms. The third kappa shape index (κ3) is 4.23. The fourth-order valence-electron chi connectivity index (χ4n) is 3.52. The van der Waals surface area contributed by atoms with Gasteiger partial charge in [0.2, 0.25) is 0 Å². The number of furan rings is 1. The van der Waals surface area contributed by atoms with Crippen molar-refractivity contribution in [1.82, 2.24) is 14.7 Å². The summed E-state index contributed by atoms with van der Waals surface area (Å²) in [5, 5.41) is 4.75. The number of hydrogen-bond donors (Lipinski definition) is 0. The molecule has 4 rings (SSSR count). The minimum Gasteiger partial charge on any atom is -0.497 e. The first kappa shape index (κ1) is 21.2. The molecular formula is C25H25N3O4. The number of aromatic nitrogens is 2. The molecular weight excluding hydrogens is 406 g/mol. The maximum absolute atomic E-state index is 13.5. The van der Waals surface area contributed by atoms with Crippen LogP contribution in [0.1, 0.15) is 21.9 Å². The van der Waals surface area contributed by atoms with Gasteiger partial charge in [0.25, 0.3) is 5.91 Å². The van der Waals surface area contributed by atoms with Crippen LogP contribution in [-0.4, -0.2) is 41.9 Å². The topological polar surface area (TPSA) is 69.7 Å². The summed E-state index contributed by atoms with van der Waals surface area (Å²) in [7, 11) is 4.92. The van der Waals surface area contributed by atoms with Gasteiger partial charge in [-0.3, -0.25) is 4.79 Å². The zero-order chi connectivity index (χ0) is 22.7. The van der Waals surface area contributed by atoms with E-state index >= 15 is 0 Å². The minimum absolute atomic E-state index is 0.172. The number of amides is 1. The van der Waals surface area contributed by atoms with Gasteiger partial charge in [-0.15, -0.1) is 0 Å². The van der Waals surface area contributed by atoms with Crippen molar-refractivity contribution in [2.24, 2.45) is 0 Å².